The van der Waals surface area contributed by atoms with Gasteiger partial charge in [-0.1, -0.05) is 54.6 Å². The minimum atomic E-state index is -2.10. The minimum absolute atomic E-state index is 0.267. The summed E-state index contributed by atoms with van der Waals surface area (Å²) in [5, 5.41) is 3.79. The molecule has 148 valence electrons. The summed E-state index contributed by atoms with van der Waals surface area (Å²) in [5.41, 5.74) is 0. The van der Waals surface area contributed by atoms with Crippen molar-refractivity contribution in [3.63, 3.8) is 0 Å². The van der Waals surface area contributed by atoms with E-state index < -0.39 is 7.26 Å². The van der Waals surface area contributed by atoms with E-state index >= 15 is 0 Å². The molecule has 0 unspecified atom stereocenters. The average molecular weight is 403 g/mol. The molecule has 1 aliphatic rings. The lowest BCUT2D eigenvalue weighted by Crippen LogP contribution is -2.49. The summed E-state index contributed by atoms with van der Waals surface area (Å²) >= 11 is 0. The fraction of sp³-hybridized carbons (Fsp3) is 0.240. The molecular weight excluding hydrogens is 375 g/mol. The van der Waals surface area contributed by atoms with Crippen LogP contribution in [0.25, 0.3) is 0 Å². The number of carbonyl (C=O) groups excluding carboxylic acids is 1. The average Bonchev–Trinajstić information content (AvgIpc) is 2.79. The standard InChI is InChI=1S/C25H28N2OP/c1-26-17-19-27(20-18-26)25(28)21-29(22-11-5-2-6-12-22,23-13-7-3-8-14-23)24-15-9-4-10-16-24/h2-16H,17-21H2,1H3/q+1. The third kappa shape index (κ3) is 4.12. The molecule has 1 fully saturated rings. The van der Waals surface area contributed by atoms with E-state index in [1.807, 2.05) is 0 Å². The first kappa shape index (κ1) is 19.8. The van der Waals surface area contributed by atoms with Gasteiger partial charge in [0.2, 0.25) is 0 Å². The number of hydrogen-bond acceptors (Lipinski definition) is 2. The molecule has 0 aromatic heterocycles. The van der Waals surface area contributed by atoms with Crippen LogP contribution in [-0.4, -0.2) is 55.1 Å². The second-order valence-corrected chi connectivity index (χ2v) is 11.1. The van der Waals surface area contributed by atoms with Crippen molar-refractivity contribution in [2.45, 2.75) is 0 Å². The van der Waals surface area contributed by atoms with Gasteiger partial charge in [0.1, 0.15) is 23.2 Å². The Labute approximate surface area is 174 Å². The quantitative estimate of drug-likeness (QED) is 0.612. The van der Waals surface area contributed by atoms with Crippen LogP contribution in [0, 0.1) is 0 Å². The van der Waals surface area contributed by atoms with Crippen molar-refractivity contribution in [2.75, 3.05) is 39.4 Å². The molecule has 0 N–H and O–H groups in total. The Hall–Kier alpha value is -2.48. The lowest BCUT2D eigenvalue weighted by molar-refractivity contribution is -0.129. The van der Waals surface area contributed by atoms with Crippen LogP contribution in [0.3, 0.4) is 0 Å². The van der Waals surface area contributed by atoms with E-state index in [-0.39, 0.29) is 5.91 Å². The highest BCUT2D eigenvalue weighted by atomic mass is 31.2. The Balaban J connectivity index is 1.83. The zero-order valence-electron chi connectivity index (χ0n) is 16.9. The molecule has 0 aliphatic carbocycles. The molecule has 3 aromatic carbocycles. The van der Waals surface area contributed by atoms with Crippen LogP contribution in [-0.2, 0) is 4.79 Å². The van der Waals surface area contributed by atoms with Gasteiger partial charge in [-0.2, -0.15) is 0 Å². The minimum Gasteiger partial charge on any atom is -0.337 e. The highest BCUT2D eigenvalue weighted by Gasteiger charge is 2.48. The van der Waals surface area contributed by atoms with Gasteiger partial charge in [0.05, 0.1) is 0 Å². The Morgan fingerprint density at radius 2 is 1.07 bits per heavy atom. The van der Waals surface area contributed by atoms with Crippen LogP contribution in [0.2, 0.25) is 0 Å². The first-order chi connectivity index (χ1) is 14.2. The Kier molecular flexibility index (Phi) is 6.08. The van der Waals surface area contributed by atoms with E-state index in [0.717, 1.165) is 26.2 Å². The third-order valence-electron chi connectivity index (χ3n) is 5.82. The highest BCUT2D eigenvalue weighted by Crippen LogP contribution is 2.55. The van der Waals surface area contributed by atoms with E-state index in [4.69, 9.17) is 0 Å². The topological polar surface area (TPSA) is 23.6 Å². The monoisotopic (exact) mass is 403 g/mol. The van der Waals surface area contributed by atoms with Crippen LogP contribution >= 0.6 is 7.26 Å². The highest BCUT2D eigenvalue weighted by molar-refractivity contribution is 7.96. The van der Waals surface area contributed by atoms with Crippen molar-refractivity contribution in [3.05, 3.63) is 91.0 Å². The smallest absolute Gasteiger partial charge is 0.261 e. The van der Waals surface area contributed by atoms with Crippen molar-refractivity contribution >= 4 is 29.1 Å². The fourth-order valence-corrected chi connectivity index (χ4v) is 8.22. The zero-order valence-corrected chi connectivity index (χ0v) is 17.8. The number of piperazine rings is 1. The Morgan fingerprint density at radius 3 is 1.45 bits per heavy atom. The largest absolute Gasteiger partial charge is 0.337 e. The van der Waals surface area contributed by atoms with Crippen molar-refractivity contribution in [3.8, 4) is 0 Å². The van der Waals surface area contributed by atoms with Gasteiger partial charge in [0.25, 0.3) is 5.91 Å². The number of amides is 1. The maximum Gasteiger partial charge on any atom is 0.261 e. The van der Waals surface area contributed by atoms with Crippen molar-refractivity contribution in [2.24, 2.45) is 0 Å². The molecule has 29 heavy (non-hydrogen) atoms. The molecule has 0 radical (unpaired) electrons. The summed E-state index contributed by atoms with van der Waals surface area (Å²) < 4.78 is 0. The van der Waals surface area contributed by atoms with E-state index in [2.05, 4.69) is 108 Å². The molecule has 0 bridgehead atoms. The summed E-state index contributed by atoms with van der Waals surface area (Å²) in [6, 6.07) is 31.9. The third-order valence-corrected chi connectivity index (χ3v) is 10.1. The summed E-state index contributed by atoms with van der Waals surface area (Å²) in [6.07, 6.45) is 0.536. The molecular formula is C25H28N2OP+. The summed E-state index contributed by atoms with van der Waals surface area (Å²) in [6.45, 7) is 3.51. The fourth-order valence-electron chi connectivity index (χ4n) is 4.13. The number of carbonyl (C=O) groups is 1. The van der Waals surface area contributed by atoms with Gasteiger partial charge in [-0.25, -0.2) is 0 Å². The van der Waals surface area contributed by atoms with Crippen LogP contribution in [0.5, 0.6) is 0 Å². The molecule has 0 saturated carbocycles. The van der Waals surface area contributed by atoms with Gasteiger partial charge in [-0.3, -0.25) is 4.79 Å². The van der Waals surface area contributed by atoms with Gasteiger partial charge < -0.3 is 9.80 Å². The van der Waals surface area contributed by atoms with E-state index in [1.165, 1.54) is 15.9 Å². The van der Waals surface area contributed by atoms with E-state index in [1.54, 1.807) is 0 Å². The van der Waals surface area contributed by atoms with E-state index in [9.17, 15) is 4.79 Å². The number of benzene rings is 3. The van der Waals surface area contributed by atoms with Crippen molar-refractivity contribution in [1.29, 1.82) is 0 Å². The molecule has 1 aliphatic heterocycles. The second kappa shape index (κ2) is 8.90. The van der Waals surface area contributed by atoms with Gasteiger partial charge >= 0.3 is 0 Å². The first-order valence-corrected chi connectivity index (χ1v) is 12.2. The van der Waals surface area contributed by atoms with Crippen LogP contribution in [0.15, 0.2) is 91.0 Å². The van der Waals surface area contributed by atoms with Gasteiger partial charge in [0, 0.05) is 26.2 Å². The Morgan fingerprint density at radius 1 is 0.690 bits per heavy atom. The lowest BCUT2D eigenvalue weighted by Gasteiger charge is -2.34. The predicted molar refractivity (Wildman–Crippen MR) is 124 cm³/mol. The number of likely N-dealkylation sites (N-methyl/N-ethyl adjacent to an activating group) is 1. The summed E-state index contributed by atoms with van der Waals surface area (Å²) in [4.78, 5) is 17.9. The van der Waals surface area contributed by atoms with Gasteiger partial charge in [0.15, 0.2) is 6.16 Å². The zero-order chi connectivity index (χ0) is 20.1. The predicted octanol–water partition coefficient (Wildman–Crippen LogP) is 2.75. The molecule has 3 nitrogen and oxygen atoms in total. The van der Waals surface area contributed by atoms with Crippen molar-refractivity contribution < 1.29 is 4.79 Å². The van der Waals surface area contributed by atoms with Crippen LogP contribution in [0.4, 0.5) is 0 Å². The molecule has 1 amide bonds. The number of rotatable bonds is 5. The van der Waals surface area contributed by atoms with Crippen LogP contribution < -0.4 is 15.9 Å². The van der Waals surface area contributed by atoms with Crippen molar-refractivity contribution in [1.82, 2.24) is 9.80 Å². The lowest BCUT2D eigenvalue weighted by atomic mass is 10.3. The van der Waals surface area contributed by atoms with Gasteiger partial charge in [-0.15, -0.1) is 0 Å². The molecule has 0 atom stereocenters. The molecule has 4 heteroatoms. The summed E-state index contributed by atoms with van der Waals surface area (Å²) in [7, 11) is 0.0259. The number of nitrogens with zero attached hydrogens (tertiary/aromatic N) is 2. The van der Waals surface area contributed by atoms with E-state index in [0.29, 0.717) is 6.16 Å². The molecule has 3 aromatic rings. The SMILES string of the molecule is CN1CCN(C(=O)C[P+](c2ccccc2)(c2ccccc2)c2ccccc2)CC1. The maximum atomic E-state index is 13.6. The van der Waals surface area contributed by atoms with Gasteiger partial charge in [-0.05, 0) is 43.4 Å². The molecule has 0 spiro atoms. The second-order valence-electron chi connectivity index (χ2n) is 7.66. The normalized spacial score (nSPS) is 15.3. The molecule has 1 heterocycles. The first-order valence-electron chi connectivity index (χ1n) is 10.2. The molecule has 1 saturated heterocycles. The Bertz CT molecular complexity index is 826. The number of hydrogen-bond donors (Lipinski definition) is 0. The van der Waals surface area contributed by atoms with Crippen LogP contribution in [0.1, 0.15) is 0 Å². The molecule has 4 rings (SSSR count). The maximum absolute atomic E-state index is 13.6. The summed E-state index contributed by atoms with van der Waals surface area (Å²) in [5.74, 6) is 0.267.